The maximum Gasteiger partial charge on any atom is 0.119 e. The molecule has 0 heterocycles. The lowest BCUT2D eigenvalue weighted by atomic mass is 10.0. The molecule has 0 saturated carbocycles. The molecule has 2 heteroatoms. The molecule has 0 bridgehead atoms. The molecule has 0 saturated heterocycles. The Hall–Kier alpha value is -3.05. The SMILES string of the molecule is N#Cc1ccc(Cc2ccc(OCc3ccccc3)cc2)cc1. The van der Waals surface area contributed by atoms with Crippen molar-refractivity contribution >= 4 is 0 Å². The van der Waals surface area contributed by atoms with Crippen molar-refractivity contribution in [3.8, 4) is 11.8 Å². The van der Waals surface area contributed by atoms with Crippen molar-refractivity contribution in [1.29, 1.82) is 5.26 Å². The molecular weight excluding hydrogens is 282 g/mol. The predicted molar refractivity (Wildman–Crippen MR) is 91.2 cm³/mol. The first-order valence-corrected chi connectivity index (χ1v) is 7.58. The maximum atomic E-state index is 8.82. The van der Waals surface area contributed by atoms with Crippen LogP contribution in [0, 0.1) is 11.3 Å². The molecule has 3 aromatic rings. The van der Waals surface area contributed by atoms with Crippen molar-refractivity contribution in [2.24, 2.45) is 0 Å². The van der Waals surface area contributed by atoms with Gasteiger partial charge in [-0.3, -0.25) is 0 Å². The Balaban J connectivity index is 1.59. The number of hydrogen-bond acceptors (Lipinski definition) is 2. The summed E-state index contributed by atoms with van der Waals surface area (Å²) in [7, 11) is 0. The second-order valence-corrected chi connectivity index (χ2v) is 5.40. The normalized spacial score (nSPS) is 10.0. The minimum absolute atomic E-state index is 0.579. The number of ether oxygens (including phenoxy) is 1. The minimum atomic E-state index is 0.579. The van der Waals surface area contributed by atoms with Crippen LogP contribution < -0.4 is 4.74 Å². The molecule has 0 unspecified atom stereocenters. The van der Waals surface area contributed by atoms with E-state index in [9.17, 15) is 0 Å². The van der Waals surface area contributed by atoms with E-state index in [1.54, 1.807) is 0 Å². The van der Waals surface area contributed by atoms with Crippen molar-refractivity contribution in [3.63, 3.8) is 0 Å². The average molecular weight is 299 g/mol. The van der Waals surface area contributed by atoms with E-state index < -0.39 is 0 Å². The molecule has 23 heavy (non-hydrogen) atoms. The van der Waals surface area contributed by atoms with Gasteiger partial charge in [0.2, 0.25) is 0 Å². The lowest BCUT2D eigenvalue weighted by molar-refractivity contribution is 0.306. The smallest absolute Gasteiger partial charge is 0.119 e. The first kappa shape index (κ1) is 14.9. The molecule has 0 N–H and O–H groups in total. The quantitative estimate of drug-likeness (QED) is 0.682. The zero-order valence-corrected chi connectivity index (χ0v) is 12.8. The van der Waals surface area contributed by atoms with E-state index in [-0.39, 0.29) is 0 Å². The highest BCUT2D eigenvalue weighted by atomic mass is 16.5. The van der Waals surface area contributed by atoms with Gasteiger partial charge in [-0.15, -0.1) is 0 Å². The third-order valence-electron chi connectivity index (χ3n) is 3.66. The molecule has 3 rings (SSSR count). The van der Waals surface area contributed by atoms with Crippen LogP contribution in [0.3, 0.4) is 0 Å². The molecule has 0 spiro atoms. The van der Waals surface area contributed by atoms with E-state index in [0.717, 1.165) is 17.7 Å². The summed E-state index contributed by atoms with van der Waals surface area (Å²) in [5, 5.41) is 8.82. The zero-order chi connectivity index (χ0) is 15.9. The van der Waals surface area contributed by atoms with Crippen LogP contribution in [-0.4, -0.2) is 0 Å². The Bertz CT molecular complexity index is 784. The summed E-state index contributed by atoms with van der Waals surface area (Å²) in [6, 6.07) is 28.1. The fourth-order valence-corrected chi connectivity index (χ4v) is 2.38. The third-order valence-corrected chi connectivity index (χ3v) is 3.66. The Morgan fingerprint density at radius 3 is 1.91 bits per heavy atom. The van der Waals surface area contributed by atoms with Crippen LogP contribution in [0.5, 0.6) is 5.75 Å². The first-order valence-electron chi connectivity index (χ1n) is 7.58. The number of benzene rings is 3. The highest BCUT2D eigenvalue weighted by molar-refractivity contribution is 5.35. The molecule has 0 fully saturated rings. The largest absolute Gasteiger partial charge is 0.489 e. The predicted octanol–water partition coefficient (Wildman–Crippen LogP) is 4.73. The van der Waals surface area contributed by atoms with Crippen molar-refractivity contribution < 1.29 is 4.74 Å². The van der Waals surface area contributed by atoms with Gasteiger partial charge in [-0.1, -0.05) is 54.6 Å². The van der Waals surface area contributed by atoms with Gasteiger partial charge < -0.3 is 4.74 Å². The van der Waals surface area contributed by atoms with Crippen molar-refractivity contribution in [3.05, 3.63) is 101 Å². The highest BCUT2D eigenvalue weighted by Crippen LogP contribution is 2.17. The van der Waals surface area contributed by atoms with Crippen LogP contribution >= 0.6 is 0 Å². The van der Waals surface area contributed by atoms with Crippen molar-refractivity contribution in [2.75, 3.05) is 0 Å². The topological polar surface area (TPSA) is 33.0 Å². The van der Waals surface area contributed by atoms with E-state index in [1.807, 2.05) is 54.6 Å². The van der Waals surface area contributed by atoms with Crippen molar-refractivity contribution in [1.82, 2.24) is 0 Å². The van der Waals surface area contributed by atoms with E-state index in [4.69, 9.17) is 10.00 Å². The molecule has 0 aliphatic rings. The highest BCUT2D eigenvalue weighted by Gasteiger charge is 1.99. The molecule has 2 nitrogen and oxygen atoms in total. The van der Waals surface area contributed by atoms with Gasteiger partial charge in [-0.25, -0.2) is 0 Å². The van der Waals surface area contributed by atoms with Crippen LogP contribution in [0.25, 0.3) is 0 Å². The Morgan fingerprint density at radius 1 is 0.696 bits per heavy atom. The Kier molecular flexibility index (Phi) is 4.71. The number of hydrogen-bond donors (Lipinski definition) is 0. The summed E-state index contributed by atoms with van der Waals surface area (Å²) in [6.07, 6.45) is 0.852. The molecular formula is C21H17NO. The van der Waals surface area contributed by atoms with Crippen LogP contribution in [-0.2, 0) is 13.0 Å². The second-order valence-electron chi connectivity index (χ2n) is 5.40. The average Bonchev–Trinajstić information content (AvgIpc) is 2.63. The molecule has 0 aromatic heterocycles. The lowest BCUT2D eigenvalue weighted by Crippen LogP contribution is -1.95. The van der Waals surface area contributed by atoms with E-state index in [0.29, 0.717) is 12.2 Å². The Labute approximate surface area is 136 Å². The van der Waals surface area contributed by atoms with Crippen LogP contribution in [0.1, 0.15) is 22.3 Å². The molecule has 112 valence electrons. The summed E-state index contributed by atoms with van der Waals surface area (Å²) in [6.45, 7) is 0.579. The molecule has 3 aromatic carbocycles. The van der Waals surface area contributed by atoms with Gasteiger partial charge in [0.1, 0.15) is 12.4 Å². The standard InChI is InChI=1S/C21H17NO/c22-15-19-8-6-17(7-9-19)14-18-10-12-21(13-11-18)23-16-20-4-2-1-3-5-20/h1-13H,14,16H2. The van der Waals surface area contributed by atoms with Gasteiger partial charge in [0.25, 0.3) is 0 Å². The number of nitriles is 1. The molecule has 0 radical (unpaired) electrons. The lowest BCUT2D eigenvalue weighted by Gasteiger charge is -2.07. The first-order chi connectivity index (χ1) is 11.3. The summed E-state index contributed by atoms with van der Waals surface area (Å²) < 4.78 is 5.79. The monoisotopic (exact) mass is 299 g/mol. The van der Waals surface area contributed by atoms with Gasteiger partial charge in [-0.05, 0) is 47.4 Å². The molecule has 0 aliphatic heterocycles. The fourth-order valence-electron chi connectivity index (χ4n) is 2.38. The van der Waals surface area contributed by atoms with Crippen LogP contribution in [0.4, 0.5) is 0 Å². The van der Waals surface area contributed by atoms with Gasteiger partial charge in [0, 0.05) is 0 Å². The van der Waals surface area contributed by atoms with Gasteiger partial charge in [0.05, 0.1) is 11.6 Å². The fraction of sp³-hybridized carbons (Fsp3) is 0.0952. The van der Waals surface area contributed by atoms with E-state index in [1.165, 1.54) is 11.1 Å². The maximum absolute atomic E-state index is 8.82. The Morgan fingerprint density at radius 2 is 1.30 bits per heavy atom. The summed E-state index contributed by atoms with van der Waals surface area (Å²) in [5.74, 6) is 0.873. The van der Waals surface area contributed by atoms with Gasteiger partial charge >= 0.3 is 0 Å². The molecule has 0 aliphatic carbocycles. The number of nitrogens with zero attached hydrogens (tertiary/aromatic N) is 1. The van der Waals surface area contributed by atoms with E-state index in [2.05, 4.69) is 30.3 Å². The number of rotatable bonds is 5. The molecule has 0 atom stereocenters. The summed E-state index contributed by atoms with van der Waals surface area (Å²) in [5.41, 5.74) is 4.27. The molecule has 0 amide bonds. The summed E-state index contributed by atoms with van der Waals surface area (Å²) >= 11 is 0. The van der Waals surface area contributed by atoms with Crippen molar-refractivity contribution in [2.45, 2.75) is 13.0 Å². The second kappa shape index (κ2) is 7.29. The van der Waals surface area contributed by atoms with Gasteiger partial charge in [-0.2, -0.15) is 5.26 Å². The van der Waals surface area contributed by atoms with E-state index >= 15 is 0 Å². The minimum Gasteiger partial charge on any atom is -0.489 e. The van der Waals surface area contributed by atoms with Gasteiger partial charge in [0.15, 0.2) is 0 Å². The summed E-state index contributed by atoms with van der Waals surface area (Å²) in [4.78, 5) is 0. The van der Waals surface area contributed by atoms with Crippen LogP contribution in [0.15, 0.2) is 78.9 Å². The van der Waals surface area contributed by atoms with Crippen LogP contribution in [0.2, 0.25) is 0 Å². The third kappa shape index (κ3) is 4.21. The zero-order valence-electron chi connectivity index (χ0n) is 12.8.